The fourth-order valence-electron chi connectivity index (χ4n) is 2.43. The van der Waals surface area contributed by atoms with Crippen LogP contribution in [0, 0.1) is 0 Å². The van der Waals surface area contributed by atoms with Crippen LogP contribution in [-0.2, 0) is 6.42 Å². The van der Waals surface area contributed by atoms with Gasteiger partial charge in [0.05, 0.1) is 12.8 Å². The molecule has 2 heterocycles. The Bertz CT molecular complexity index is 514. The van der Waals surface area contributed by atoms with Crippen molar-refractivity contribution in [3.63, 3.8) is 0 Å². The van der Waals surface area contributed by atoms with Gasteiger partial charge in [-0.2, -0.15) is 11.8 Å². The lowest BCUT2D eigenvalue weighted by molar-refractivity contribution is 0.375. The Labute approximate surface area is 161 Å². The lowest BCUT2D eigenvalue weighted by atomic mass is 10.2. The number of hydrogen-bond acceptors (Lipinski definition) is 3. The second kappa shape index (κ2) is 9.61. The zero-order valence-electron chi connectivity index (χ0n) is 14.3. The average Bonchev–Trinajstić information content (AvgIpc) is 2.94. The first-order valence-corrected chi connectivity index (χ1v) is 8.79. The smallest absolute Gasteiger partial charge is 0.194 e. The van der Waals surface area contributed by atoms with E-state index in [1.165, 1.54) is 0 Å². The molecular formula is C17H28IN3OS. The first-order valence-electron chi connectivity index (χ1n) is 7.80. The topological polar surface area (TPSA) is 40.8 Å². The molecular weight excluding hydrogens is 421 g/mol. The Morgan fingerprint density at radius 3 is 2.91 bits per heavy atom. The number of guanidine groups is 1. The van der Waals surface area contributed by atoms with Gasteiger partial charge in [0.1, 0.15) is 5.76 Å². The average molecular weight is 449 g/mol. The van der Waals surface area contributed by atoms with E-state index in [1.54, 1.807) is 6.26 Å². The maximum atomic E-state index is 5.38. The number of halogens is 1. The molecule has 0 unspecified atom stereocenters. The number of rotatable bonds is 5. The summed E-state index contributed by atoms with van der Waals surface area (Å²) in [6.45, 7) is 14.1. The lowest BCUT2D eigenvalue weighted by Gasteiger charge is -2.39. The van der Waals surface area contributed by atoms with Crippen molar-refractivity contribution in [3.8, 4) is 0 Å². The minimum absolute atomic E-state index is 0. The maximum Gasteiger partial charge on any atom is 0.194 e. The molecule has 1 N–H and O–H groups in total. The summed E-state index contributed by atoms with van der Waals surface area (Å²) in [6.07, 6.45) is 2.58. The number of hydrogen-bond donors (Lipinski definition) is 1. The van der Waals surface area contributed by atoms with Gasteiger partial charge in [-0.25, -0.2) is 4.99 Å². The molecule has 0 atom stereocenters. The summed E-state index contributed by atoms with van der Waals surface area (Å²) in [6, 6.07) is 3.93. The summed E-state index contributed by atoms with van der Waals surface area (Å²) in [5, 5.41) is 3.49. The number of aliphatic imine (C=N–C) groups is 1. The van der Waals surface area contributed by atoms with Crippen molar-refractivity contribution in [2.75, 3.05) is 31.9 Å². The Morgan fingerprint density at radius 1 is 1.52 bits per heavy atom. The first kappa shape index (κ1) is 20.4. The highest BCUT2D eigenvalue weighted by molar-refractivity contribution is 14.0. The van der Waals surface area contributed by atoms with Crippen LogP contribution in [-0.4, -0.2) is 47.5 Å². The predicted molar refractivity (Wildman–Crippen MR) is 111 cm³/mol. The summed E-state index contributed by atoms with van der Waals surface area (Å²) in [4.78, 5) is 7.09. The highest BCUT2D eigenvalue weighted by Gasteiger charge is 2.28. The second-order valence-corrected chi connectivity index (χ2v) is 8.18. The minimum atomic E-state index is 0. The van der Waals surface area contributed by atoms with Crippen LogP contribution in [0.4, 0.5) is 0 Å². The van der Waals surface area contributed by atoms with E-state index in [2.05, 4.69) is 30.6 Å². The van der Waals surface area contributed by atoms with Gasteiger partial charge in [0, 0.05) is 36.6 Å². The molecule has 6 heteroatoms. The minimum Gasteiger partial charge on any atom is -0.469 e. The highest BCUT2D eigenvalue weighted by Crippen LogP contribution is 2.29. The molecule has 1 aromatic heterocycles. The van der Waals surface area contributed by atoms with E-state index in [0.717, 1.165) is 49.1 Å². The van der Waals surface area contributed by atoms with Gasteiger partial charge in [0.15, 0.2) is 5.96 Å². The molecule has 0 aromatic carbocycles. The number of furan rings is 1. The summed E-state index contributed by atoms with van der Waals surface area (Å²) < 4.78 is 5.65. The van der Waals surface area contributed by atoms with E-state index in [4.69, 9.17) is 9.41 Å². The van der Waals surface area contributed by atoms with Crippen molar-refractivity contribution in [1.82, 2.24) is 10.2 Å². The van der Waals surface area contributed by atoms with Crippen molar-refractivity contribution >= 4 is 41.7 Å². The van der Waals surface area contributed by atoms with Gasteiger partial charge >= 0.3 is 0 Å². The van der Waals surface area contributed by atoms with Crippen LogP contribution in [0.3, 0.4) is 0 Å². The second-order valence-electron chi connectivity index (χ2n) is 6.38. The van der Waals surface area contributed by atoms with Gasteiger partial charge in [0.25, 0.3) is 0 Å². The normalized spacial score (nSPS) is 17.5. The Hall–Kier alpha value is -0.630. The molecule has 1 aromatic rings. The number of thioether (sulfide) groups is 1. The molecule has 0 amide bonds. The highest BCUT2D eigenvalue weighted by atomic mass is 127. The molecule has 1 saturated heterocycles. The molecule has 2 rings (SSSR count). The SMILES string of the molecule is C=C(C)CN=C(NCCc1ccco1)N1CCSC(C)(C)C1.I. The van der Waals surface area contributed by atoms with E-state index in [0.29, 0.717) is 6.54 Å². The third kappa shape index (κ3) is 7.20. The fraction of sp³-hybridized carbons (Fsp3) is 0.588. The molecule has 1 aliphatic rings. The third-order valence-corrected chi connectivity index (χ3v) is 4.76. The molecule has 0 saturated carbocycles. The van der Waals surface area contributed by atoms with Crippen LogP contribution in [0.5, 0.6) is 0 Å². The van der Waals surface area contributed by atoms with E-state index in [1.807, 2.05) is 30.8 Å². The van der Waals surface area contributed by atoms with Crippen LogP contribution >= 0.6 is 35.7 Å². The third-order valence-electron chi connectivity index (χ3n) is 3.46. The van der Waals surface area contributed by atoms with Crippen LogP contribution in [0.25, 0.3) is 0 Å². The van der Waals surface area contributed by atoms with Crippen LogP contribution < -0.4 is 5.32 Å². The number of nitrogens with zero attached hydrogens (tertiary/aromatic N) is 2. The van der Waals surface area contributed by atoms with Crippen LogP contribution in [0.1, 0.15) is 26.5 Å². The molecule has 23 heavy (non-hydrogen) atoms. The number of nitrogens with one attached hydrogen (secondary N) is 1. The van der Waals surface area contributed by atoms with Crippen LogP contribution in [0.15, 0.2) is 40.0 Å². The maximum absolute atomic E-state index is 5.38. The molecule has 0 spiro atoms. The molecule has 130 valence electrons. The first-order chi connectivity index (χ1) is 10.5. The fourth-order valence-corrected chi connectivity index (χ4v) is 3.54. The molecule has 1 fully saturated rings. The van der Waals surface area contributed by atoms with E-state index < -0.39 is 0 Å². The van der Waals surface area contributed by atoms with Gasteiger partial charge in [-0.15, -0.1) is 24.0 Å². The molecule has 0 radical (unpaired) electrons. The molecule has 0 aliphatic carbocycles. The van der Waals surface area contributed by atoms with Gasteiger partial charge in [-0.3, -0.25) is 0 Å². The Balaban J connectivity index is 0.00000264. The lowest BCUT2D eigenvalue weighted by Crippen LogP contribution is -2.51. The van der Waals surface area contributed by atoms with Gasteiger partial charge in [0.2, 0.25) is 0 Å². The molecule has 4 nitrogen and oxygen atoms in total. The van der Waals surface area contributed by atoms with E-state index in [-0.39, 0.29) is 28.7 Å². The van der Waals surface area contributed by atoms with Crippen molar-refractivity contribution in [1.29, 1.82) is 0 Å². The standard InChI is InChI=1S/C17H27N3OS.HI/c1-14(2)12-19-16(18-8-7-15-6-5-10-21-15)20-9-11-22-17(3,4)13-20;/h5-6,10H,1,7-9,11-13H2,2-4H3,(H,18,19);1H. The molecule has 0 bridgehead atoms. The van der Waals surface area contributed by atoms with E-state index >= 15 is 0 Å². The summed E-state index contributed by atoms with van der Waals surface area (Å²) in [5.41, 5.74) is 1.08. The summed E-state index contributed by atoms with van der Waals surface area (Å²) in [7, 11) is 0. The van der Waals surface area contributed by atoms with Crippen LogP contribution in [0.2, 0.25) is 0 Å². The van der Waals surface area contributed by atoms with E-state index in [9.17, 15) is 0 Å². The Morgan fingerprint density at radius 2 is 2.30 bits per heavy atom. The van der Waals surface area contributed by atoms with Gasteiger partial charge < -0.3 is 14.6 Å². The predicted octanol–water partition coefficient (Wildman–Crippen LogP) is 3.79. The quantitative estimate of drug-likeness (QED) is 0.322. The largest absolute Gasteiger partial charge is 0.469 e. The zero-order chi connectivity index (χ0) is 16.0. The summed E-state index contributed by atoms with van der Waals surface area (Å²) in [5.74, 6) is 3.13. The summed E-state index contributed by atoms with van der Waals surface area (Å²) >= 11 is 2.03. The monoisotopic (exact) mass is 449 g/mol. The van der Waals surface area contributed by atoms with Gasteiger partial charge in [-0.05, 0) is 32.9 Å². The van der Waals surface area contributed by atoms with Crippen molar-refractivity contribution in [2.45, 2.75) is 31.9 Å². The van der Waals surface area contributed by atoms with Crippen molar-refractivity contribution in [3.05, 3.63) is 36.3 Å². The van der Waals surface area contributed by atoms with Crippen molar-refractivity contribution < 1.29 is 4.42 Å². The van der Waals surface area contributed by atoms with Crippen molar-refractivity contribution in [2.24, 2.45) is 4.99 Å². The van der Waals surface area contributed by atoms with Gasteiger partial charge in [-0.1, -0.05) is 12.2 Å². The molecule has 1 aliphatic heterocycles. The zero-order valence-corrected chi connectivity index (χ0v) is 17.4. The Kier molecular flexibility index (Phi) is 8.53.